The molecule has 1 saturated heterocycles. The van der Waals surface area contributed by atoms with Crippen molar-refractivity contribution in [1.29, 1.82) is 0 Å². The maximum atomic E-state index is 12.7. The van der Waals surface area contributed by atoms with Crippen molar-refractivity contribution in [3.8, 4) is 0 Å². The van der Waals surface area contributed by atoms with Crippen molar-refractivity contribution >= 4 is 16.7 Å². The van der Waals surface area contributed by atoms with Gasteiger partial charge < -0.3 is 10.0 Å². The van der Waals surface area contributed by atoms with Gasteiger partial charge in [0.25, 0.3) is 0 Å². The van der Waals surface area contributed by atoms with Crippen LogP contribution >= 0.6 is 0 Å². The Bertz CT molecular complexity index is 744. The number of fused-ring (bicyclic) bond motifs is 1. The first-order chi connectivity index (χ1) is 12.6. The highest BCUT2D eigenvalue weighted by atomic mass is 16.3. The summed E-state index contributed by atoms with van der Waals surface area (Å²) in [5.74, 6) is 0.244. The Morgan fingerprint density at radius 2 is 1.96 bits per heavy atom. The highest BCUT2D eigenvalue weighted by Crippen LogP contribution is 2.18. The lowest BCUT2D eigenvalue weighted by atomic mass is 10.0. The first kappa shape index (κ1) is 18.9. The Balaban J connectivity index is 1.56. The Morgan fingerprint density at radius 1 is 1.19 bits per heavy atom. The molecule has 1 N–H and O–H groups in total. The maximum Gasteiger partial charge on any atom is 0.222 e. The van der Waals surface area contributed by atoms with Gasteiger partial charge in [0.2, 0.25) is 5.91 Å². The summed E-state index contributed by atoms with van der Waals surface area (Å²) in [5, 5.41) is 12.1. The van der Waals surface area contributed by atoms with Gasteiger partial charge in [-0.2, -0.15) is 0 Å². The standard InChI is InChI=1S/C22H30N2O2/c1-3-21-16-24(13-12-23(21)15-17(2)25)22(26)11-9-18-8-10-19-6-4-5-7-20(19)14-18/h4-8,10,14,17,21,25H,3,9,11-13,15-16H2,1-2H3/t17-,21+/m0/s1. The molecule has 2 atom stereocenters. The second-order valence-corrected chi connectivity index (χ2v) is 7.43. The molecule has 4 nitrogen and oxygen atoms in total. The van der Waals surface area contributed by atoms with Crippen molar-refractivity contribution < 1.29 is 9.90 Å². The first-order valence-corrected chi connectivity index (χ1v) is 9.74. The van der Waals surface area contributed by atoms with Gasteiger partial charge in [0.05, 0.1) is 6.10 Å². The summed E-state index contributed by atoms with van der Waals surface area (Å²) >= 11 is 0. The molecule has 0 spiro atoms. The Hall–Kier alpha value is -1.91. The molecule has 140 valence electrons. The van der Waals surface area contributed by atoms with E-state index in [9.17, 15) is 9.90 Å². The number of carbonyl (C=O) groups excluding carboxylic acids is 1. The summed E-state index contributed by atoms with van der Waals surface area (Å²) in [4.78, 5) is 17.0. The molecule has 1 heterocycles. The van der Waals surface area contributed by atoms with E-state index in [1.165, 1.54) is 16.3 Å². The predicted octanol–water partition coefficient (Wildman–Crippen LogP) is 3.08. The minimum Gasteiger partial charge on any atom is -0.392 e. The molecule has 26 heavy (non-hydrogen) atoms. The van der Waals surface area contributed by atoms with Gasteiger partial charge in [0.1, 0.15) is 0 Å². The third-order valence-electron chi connectivity index (χ3n) is 5.37. The van der Waals surface area contributed by atoms with E-state index in [-0.39, 0.29) is 12.0 Å². The molecule has 0 unspecified atom stereocenters. The number of carbonyl (C=O) groups is 1. The van der Waals surface area contributed by atoms with E-state index in [0.29, 0.717) is 19.0 Å². The van der Waals surface area contributed by atoms with Crippen LogP contribution in [0.3, 0.4) is 0 Å². The zero-order valence-corrected chi connectivity index (χ0v) is 15.9. The molecule has 1 amide bonds. The zero-order valence-electron chi connectivity index (χ0n) is 15.9. The molecule has 0 saturated carbocycles. The fourth-order valence-electron chi connectivity index (χ4n) is 3.89. The van der Waals surface area contributed by atoms with E-state index < -0.39 is 0 Å². The summed E-state index contributed by atoms with van der Waals surface area (Å²) < 4.78 is 0. The highest BCUT2D eigenvalue weighted by Gasteiger charge is 2.28. The topological polar surface area (TPSA) is 43.8 Å². The second-order valence-electron chi connectivity index (χ2n) is 7.43. The number of piperazine rings is 1. The molecule has 2 aromatic carbocycles. The van der Waals surface area contributed by atoms with Gasteiger partial charge in [0.15, 0.2) is 0 Å². The molecule has 0 aromatic heterocycles. The van der Waals surface area contributed by atoms with Crippen LogP contribution in [0.15, 0.2) is 42.5 Å². The van der Waals surface area contributed by atoms with Gasteiger partial charge in [-0.1, -0.05) is 49.4 Å². The van der Waals surface area contributed by atoms with Crippen molar-refractivity contribution in [3.05, 3.63) is 48.0 Å². The fourth-order valence-corrected chi connectivity index (χ4v) is 3.89. The number of rotatable bonds is 6. The lowest BCUT2D eigenvalue weighted by molar-refractivity contribution is -0.134. The van der Waals surface area contributed by atoms with Crippen LogP contribution in [0.4, 0.5) is 0 Å². The minimum atomic E-state index is -0.320. The third kappa shape index (κ3) is 4.63. The van der Waals surface area contributed by atoms with Crippen LogP contribution in [0, 0.1) is 0 Å². The van der Waals surface area contributed by atoms with Crippen LogP contribution in [0.1, 0.15) is 32.3 Å². The fraction of sp³-hybridized carbons (Fsp3) is 0.500. The van der Waals surface area contributed by atoms with Crippen molar-refractivity contribution in [2.24, 2.45) is 0 Å². The number of amides is 1. The molecule has 1 fully saturated rings. The number of β-amino-alcohol motifs (C(OH)–C–C–N with tert-alkyl or cyclic N) is 1. The molecule has 2 aromatic rings. The zero-order chi connectivity index (χ0) is 18.5. The van der Waals surface area contributed by atoms with Crippen LogP contribution in [0.2, 0.25) is 0 Å². The first-order valence-electron chi connectivity index (χ1n) is 9.74. The monoisotopic (exact) mass is 354 g/mol. The molecule has 1 aliphatic heterocycles. The number of benzene rings is 2. The van der Waals surface area contributed by atoms with Crippen molar-refractivity contribution in [1.82, 2.24) is 9.80 Å². The lowest BCUT2D eigenvalue weighted by Gasteiger charge is -2.41. The number of hydrogen-bond acceptors (Lipinski definition) is 3. The number of aliphatic hydroxyl groups is 1. The van der Waals surface area contributed by atoms with E-state index >= 15 is 0 Å². The Labute approximate surface area is 156 Å². The summed E-state index contributed by atoms with van der Waals surface area (Å²) in [6.45, 7) is 7.07. The van der Waals surface area contributed by atoms with Gasteiger partial charge in [-0.05, 0) is 36.1 Å². The number of aliphatic hydroxyl groups excluding tert-OH is 1. The molecular formula is C22H30N2O2. The highest BCUT2D eigenvalue weighted by molar-refractivity contribution is 5.83. The van der Waals surface area contributed by atoms with Crippen LogP contribution in [0.5, 0.6) is 0 Å². The van der Waals surface area contributed by atoms with E-state index in [1.807, 2.05) is 17.9 Å². The lowest BCUT2D eigenvalue weighted by Crippen LogP contribution is -2.55. The number of aryl methyl sites for hydroxylation is 1. The third-order valence-corrected chi connectivity index (χ3v) is 5.37. The molecular weight excluding hydrogens is 324 g/mol. The predicted molar refractivity (Wildman–Crippen MR) is 106 cm³/mol. The quantitative estimate of drug-likeness (QED) is 0.867. The van der Waals surface area contributed by atoms with E-state index in [0.717, 1.165) is 32.5 Å². The Morgan fingerprint density at radius 3 is 2.69 bits per heavy atom. The van der Waals surface area contributed by atoms with Gasteiger partial charge >= 0.3 is 0 Å². The Kier molecular flexibility index (Phi) is 6.28. The van der Waals surface area contributed by atoms with Crippen LogP contribution < -0.4 is 0 Å². The van der Waals surface area contributed by atoms with Crippen LogP contribution in [-0.2, 0) is 11.2 Å². The number of hydrogen-bond donors (Lipinski definition) is 1. The van der Waals surface area contributed by atoms with Gasteiger partial charge in [0, 0.05) is 38.6 Å². The summed E-state index contributed by atoms with van der Waals surface area (Å²) in [6.07, 6.45) is 2.03. The van der Waals surface area contributed by atoms with Crippen LogP contribution in [0.25, 0.3) is 10.8 Å². The van der Waals surface area contributed by atoms with E-state index in [1.54, 1.807) is 0 Å². The second kappa shape index (κ2) is 8.65. The molecule has 4 heteroatoms. The number of nitrogens with zero attached hydrogens (tertiary/aromatic N) is 2. The normalized spacial score (nSPS) is 19.7. The summed E-state index contributed by atoms with van der Waals surface area (Å²) in [6, 6.07) is 15.1. The van der Waals surface area contributed by atoms with Crippen LogP contribution in [-0.4, -0.2) is 59.1 Å². The van der Waals surface area contributed by atoms with E-state index in [2.05, 4.69) is 48.2 Å². The molecule has 0 aliphatic carbocycles. The van der Waals surface area contributed by atoms with Crippen molar-refractivity contribution in [2.75, 3.05) is 26.2 Å². The van der Waals surface area contributed by atoms with Gasteiger partial charge in [-0.15, -0.1) is 0 Å². The summed E-state index contributed by atoms with van der Waals surface area (Å²) in [5.41, 5.74) is 1.22. The molecule has 0 bridgehead atoms. The van der Waals surface area contributed by atoms with Gasteiger partial charge in [-0.25, -0.2) is 0 Å². The smallest absolute Gasteiger partial charge is 0.222 e. The average Bonchev–Trinajstić information content (AvgIpc) is 2.65. The minimum absolute atomic E-state index is 0.244. The van der Waals surface area contributed by atoms with Crippen molar-refractivity contribution in [2.45, 2.75) is 45.3 Å². The summed E-state index contributed by atoms with van der Waals surface area (Å²) in [7, 11) is 0. The van der Waals surface area contributed by atoms with Crippen molar-refractivity contribution in [3.63, 3.8) is 0 Å². The molecule has 3 rings (SSSR count). The SMILES string of the molecule is CC[C@@H]1CN(C(=O)CCc2ccc3ccccc3c2)CCN1C[C@H](C)O. The average molecular weight is 354 g/mol. The largest absolute Gasteiger partial charge is 0.392 e. The van der Waals surface area contributed by atoms with Gasteiger partial charge in [-0.3, -0.25) is 9.69 Å². The molecule has 1 aliphatic rings. The molecule has 0 radical (unpaired) electrons. The maximum absolute atomic E-state index is 12.7. The van der Waals surface area contributed by atoms with E-state index in [4.69, 9.17) is 0 Å².